The largest absolute Gasteiger partial charge is 0.466 e. The van der Waals surface area contributed by atoms with Crippen LogP contribution in [0.3, 0.4) is 0 Å². The van der Waals surface area contributed by atoms with Crippen molar-refractivity contribution < 1.29 is 4.74 Å². The first-order valence-electron chi connectivity index (χ1n) is 5.71. The molecule has 3 rings (SSSR count). The maximum Gasteiger partial charge on any atom is 0.103 e. The van der Waals surface area contributed by atoms with Gasteiger partial charge in [-0.25, -0.2) is 0 Å². The number of allylic oxidation sites excluding steroid dienone is 3. The highest BCUT2D eigenvalue weighted by Crippen LogP contribution is 2.68. The number of hydrogen-bond donors (Lipinski definition) is 0. The van der Waals surface area contributed by atoms with Gasteiger partial charge < -0.3 is 4.74 Å². The average Bonchev–Trinajstić information content (AvgIpc) is 2.71. The van der Waals surface area contributed by atoms with Gasteiger partial charge in [0.1, 0.15) is 11.5 Å². The summed E-state index contributed by atoms with van der Waals surface area (Å²) in [5, 5.41) is 0. The summed E-state index contributed by atoms with van der Waals surface area (Å²) >= 11 is 0. The van der Waals surface area contributed by atoms with Crippen LogP contribution in [0.25, 0.3) is 0 Å². The highest BCUT2D eigenvalue weighted by atomic mass is 16.5. The maximum atomic E-state index is 5.86. The van der Waals surface area contributed by atoms with Crippen molar-refractivity contribution in [3.63, 3.8) is 0 Å². The Labute approximate surface area is 85.8 Å². The molecule has 1 fully saturated rings. The van der Waals surface area contributed by atoms with Crippen molar-refractivity contribution in [2.24, 2.45) is 17.3 Å². The fourth-order valence-corrected chi connectivity index (χ4v) is 3.46. The van der Waals surface area contributed by atoms with Crippen LogP contribution in [-0.4, -0.2) is 0 Å². The van der Waals surface area contributed by atoms with Crippen molar-refractivity contribution in [2.45, 2.75) is 39.5 Å². The Bertz CT molecular complexity index is 335. The van der Waals surface area contributed by atoms with Gasteiger partial charge in [-0.1, -0.05) is 20.4 Å². The molecule has 2 aliphatic carbocycles. The number of rotatable bonds is 0. The first-order valence-corrected chi connectivity index (χ1v) is 5.71. The van der Waals surface area contributed by atoms with Crippen molar-refractivity contribution in [3.05, 3.63) is 23.7 Å². The molecule has 1 nitrogen and oxygen atoms in total. The lowest BCUT2D eigenvalue weighted by Gasteiger charge is -2.25. The van der Waals surface area contributed by atoms with Gasteiger partial charge in [-0.15, -0.1) is 0 Å². The van der Waals surface area contributed by atoms with E-state index in [1.807, 2.05) is 0 Å². The molecule has 2 atom stereocenters. The second-order valence-electron chi connectivity index (χ2n) is 5.50. The lowest BCUT2D eigenvalue weighted by molar-refractivity contribution is 0.233. The van der Waals surface area contributed by atoms with Crippen molar-refractivity contribution in [3.8, 4) is 0 Å². The van der Waals surface area contributed by atoms with Gasteiger partial charge in [0.05, 0.1) is 0 Å². The summed E-state index contributed by atoms with van der Waals surface area (Å²) in [5.41, 5.74) is 2.05. The zero-order chi connectivity index (χ0) is 9.92. The molecule has 0 aromatic rings. The minimum Gasteiger partial charge on any atom is -0.466 e. The topological polar surface area (TPSA) is 9.23 Å². The maximum absolute atomic E-state index is 5.86. The molecule has 2 unspecified atom stereocenters. The van der Waals surface area contributed by atoms with E-state index >= 15 is 0 Å². The number of hydrogen-bond acceptors (Lipinski definition) is 1. The number of ether oxygens (including phenoxy) is 1. The van der Waals surface area contributed by atoms with Crippen molar-refractivity contribution in [1.29, 1.82) is 0 Å². The molecule has 0 amide bonds. The van der Waals surface area contributed by atoms with E-state index in [9.17, 15) is 0 Å². The van der Waals surface area contributed by atoms with Gasteiger partial charge in [0.2, 0.25) is 0 Å². The lowest BCUT2D eigenvalue weighted by atomic mass is 9.90. The molecule has 0 spiro atoms. The zero-order valence-corrected chi connectivity index (χ0v) is 9.10. The summed E-state index contributed by atoms with van der Waals surface area (Å²) in [6.07, 6.45) is 5.07. The molecule has 0 radical (unpaired) electrons. The zero-order valence-electron chi connectivity index (χ0n) is 9.10. The summed E-state index contributed by atoms with van der Waals surface area (Å²) < 4.78 is 5.86. The van der Waals surface area contributed by atoms with E-state index in [1.165, 1.54) is 25.0 Å². The van der Waals surface area contributed by atoms with Gasteiger partial charge in [-0.05, 0) is 36.2 Å². The predicted molar refractivity (Wildman–Crippen MR) is 56.5 cm³/mol. The van der Waals surface area contributed by atoms with Crippen LogP contribution in [0.4, 0.5) is 0 Å². The molecule has 1 heteroatoms. The van der Waals surface area contributed by atoms with E-state index in [2.05, 4.69) is 20.4 Å². The molecule has 3 aliphatic rings. The van der Waals surface area contributed by atoms with E-state index in [-0.39, 0.29) is 0 Å². The molecule has 1 aliphatic heterocycles. The fourth-order valence-electron chi connectivity index (χ4n) is 3.46. The molecule has 14 heavy (non-hydrogen) atoms. The predicted octanol–water partition coefficient (Wildman–Crippen LogP) is 3.63. The standard InChI is InChI=1S/C13H18O/c1-8-11-12(13(11,2)3)9-6-4-5-7-10(9)14-8/h11-12H,1,4-7H2,2-3H3. The Morgan fingerprint density at radius 2 is 1.93 bits per heavy atom. The molecule has 0 aromatic heterocycles. The van der Waals surface area contributed by atoms with E-state index in [1.54, 1.807) is 5.57 Å². The van der Waals surface area contributed by atoms with Crippen LogP contribution < -0.4 is 0 Å². The van der Waals surface area contributed by atoms with Gasteiger partial charge in [0, 0.05) is 12.3 Å². The highest BCUT2D eigenvalue weighted by molar-refractivity contribution is 5.36. The third kappa shape index (κ3) is 0.906. The van der Waals surface area contributed by atoms with E-state index in [4.69, 9.17) is 4.74 Å². The van der Waals surface area contributed by atoms with Crippen LogP contribution in [0.2, 0.25) is 0 Å². The smallest absolute Gasteiger partial charge is 0.103 e. The van der Waals surface area contributed by atoms with Gasteiger partial charge in [-0.3, -0.25) is 0 Å². The minimum absolute atomic E-state index is 0.422. The van der Waals surface area contributed by atoms with Crippen molar-refractivity contribution in [1.82, 2.24) is 0 Å². The van der Waals surface area contributed by atoms with Gasteiger partial charge >= 0.3 is 0 Å². The van der Waals surface area contributed by atoms with Gasteiger partial charge in [0.15, 0.2) is 0 Å². The van der Waals surface area contributed by atoms with E-state index < -0.39 is 0 Å². The SMILES string of the molecule is C=C1OC2=C(CCCC2)C2C1C2(C)C. The van der Waals surface area contributed by atoms with Crippen LogP contribution in [-0.2, 0) is 4.74 Å². The van der Waals surface area contributed by atoms with Crippen LogP contribution in [0.15, 0.2) is 23.7 Å². The quantitative estimate of drug-likeness (QED) is 0.566. The third-order valence-electron chi connectivity index (χ3n) is 4.26. The molecule has 0 N–H and O–H groups in total. The van der Waals surface area contributed by atoms with Crippen LogP contribution >= 0.6 is 0 Å². The summed E-state index contributed by atoms with van der Waals surface area (Å²) in [6, 6.07) is 0. The average molecular weight is 190 g/mol. The monoisotopic (exact) mass is 190 g/mol. The van der Waals surface area contributed by atoms with Crippen molar-refractivity contribution in [2.75, 3.05) is 0 Å². The molecular formula is C13H18O. The summed E-state index contributed by atoms with van der Waals surface area (Å²) in [6.45, 7) is 8.76. The Balaban J connectivity index is 2.02. The first kappa shape index (κ1) is 8.58. The second kappa shape index (κ2) is 2.44. The summed E-state index contributed by atoms with van der Waals surface area (Å²) in [5.74, 6) is 3.67. The van der Waals surface area contributed by atoms with Crippen LogP contribution in [0.5, 0.6) is 0 Å². The number of fused-ring (bicyclic) bond motifs is 2. The molecule has 76 valence electrons. The Morgan fingerprint density at radius 3 is 2.71 bits per heavy atom. The molecule has 1 heterocycles. The molecule has 0 bridgehead atoms. The second-order valence-corrected chi connectivity index (χ2v) is 5.50. The molecule has 1 saturated carbocycles. The Kier molecular flexibility index (Phi) is 1.50. The minimum atomic E-state index is 0.422. The Morgan fingerprint density at radius 1 is 1.21 bits per heavy atom. The highest BCUT2D eigenvalue weighted by Gasteiger charge is 2.63. The van der Waals surface area contributed by atoms with Crippen LogP contribution in [0.1, 0.15) is 39.5 Å². The van der Waals surface area contributed by atoms with Crippen LogP contribution in [0, 0.1) is 17.3 Å². The molecule has 0 aromatic carbocycles. The Hall–Kier alpha value is -0.720. The first-order chi connectivity index (χ1) is 6.62. The fraction of sp³-hybridized carbons (Fsp3) is 0.692. The normalized spacial score (nSPS) is 38.6. The van der Waals surface area contributed by atoms with Crippen molar-refractivity contribution >= 4 is 0 Å². The van der Waals surface area contributed by atoms with E-state index in [0.29, 0.717) is 11.3 Å². The summed E-state index contributed by atoms with van der Waals surface area (Å²) in [7, 11) is 0. The van der Waals surface area contributed by atoms with Gasteiger partial charge in [0.25, 0.3) is 0 Å². The molecular weight excluding hydrogens is 172 g/mol. The third-order valence-corrected chi connectivity index (χ3v) is 4.26. The van der Waals surface area contributed by atoms with E-state index in [0.717, 1.165) is 18.1 Å². The summed E-state index contributed by atoms with van der Waals surface area (Å²) in [4.78, 5) is 0. The van der Waals surface area contributed by atoms with Gasteiger partial charge in [-0.2, -0.15) is 0 Å². The molecule has 0 saturated heterocycles. The lowest BCUT2D eigenvalue weighted by Crippen LogP contribution is -2.11.